The molecule has 1 aliphatic rings. The molecule has 0 saturated heterocycles. The first kappa shape index (κ1) is 10.6. The fraction of sp³-hybridized carbons (Fsp3) is 0.400. The number of benzene rings is 1. The average Bonchev–Trinajstić information content (AvgIpc) is 2.63. The van der Waals surface area contributed by atoms with Gasteiger partial charge in [-0.05, 0) is 37.3 Å². The first-order valence-corrected chi connectivity index (χ1v) is 6.33. The molecule has 2 aromatic rings. The zero-order chi connectivity index (χ0) is 11.8. The van der Waals surface area contributed by atoms with Crippen molar-refractivity contribution in [2.24, 2.45) is 5.92 Å². The van der Waals surface area contributed by atoms with Gasteiger partial charge in [-0.3, -0.25) is 4.79 Å². The quantitative estimate of drug-likeness (QED) is 0.735. The molecule has 0 aliphatic heterocycles. The Balaban J connectivity index is 2.11. The summed E-state index contributed by atoms with van der Waals surface area (Å²) in [5, 5.41) is 1.13. The van der Waals surface area contributed by atoms with Crippen LogP contribution in [0.15, 0.2) is 24.4 Å². The van der Waals surface area contributed by atoms with Crippen molar-refractivity contribution in [1.29, 1.82) is 0 Å². The van der Waals surface area contributed by atoms with Crippen LogP contribution in [0.2, 0.25) is 0 Å². The summed E-state index contributed by atoms with van der Waals surface area (Å²) in [7, 11) is 0. The summed E-state index contributed by atoms with van der Waals surface area (Å²) < 4.78 is 2.26. The van der Waals surface area contributed by atoms with E-state index in [1.165, 1.54) is 30.3 Å². The van der Waals surface area contributed by atoms with Gasteiger partial charge in [0.1, 0.15) is 0 Å². The average molecular weight is 227 g/mol. The number of carbonyl (C=O) groups is 1. The van der Waals surface area contributed by atoms with Gasteiger partial charge in [0, 0.05) is 29.2 Å². The minimum Gasteiger partial charge on any atom is -0.346 e. The topological polar surface area (TPSA) is 22.0 Å². The third-order valence-electron chi connectivity index (χ3n) is 3.95. The van der Waals surface area contributed by atoms with Gasteiger partial charge in [0.25, 0.3) is 0 Å². The van der Waals surface area contributed by atoms with E-state index in [1.807, 2.05) is 6.20 Å². The van der Waals surface area contributed by atoms with Crippen molar-refractivity contribution in [1.82, 2.24) is 4.57 Å². The monoisotopic (exact) mass is 227 g/mol. The van der Waals surface area contributed by atoms with Crippen molar-refractivity contribution in [3.05, 3.63) is 35.5 Å². The molecule has 1 saturated carbocycles. The van der Waals surface area contributed by atoms with Crippen molar-refractivity contribution in [3.8, 4) is 0 Å². The van der Waals surface area contributed by atoms with Crippen molar-refractivity contribution in [2.75, 3.05) is 0 Å². The molecule has 0 radical (unpaired) electrons. The highest BCUT2D eigenvalue weighted by Crippen LogP contribution is 2.31. The van der Waals surface area contributed by atoms with Crippen LogP contribution in [0.25, 0.3) is 10.9 Å². The Kier molecular flexibility index (Phi) is 2.50. The molecule has 88 valence electrons. The van der Waals surface area contributed by atoms with Gasteiger partial charge in [-0.2, -0.15) is 0 Å². The zero-order valence-corrected chi connectivity index (χ0v) is 10.1. The first-order chi connectivity index (χ1) is 8.29. The van der Waals surface area contributed by atoms with Crippen molar-refractivity contribution < 1.29 is 4.79 Å². The number of aldehydes is 1. The van der Waals surface area contributed by atoms with E-state index in [0.29, 0.717) is 0 Å². The summed E-state index contributed by atoms with van der Waals surface area (Å²) in [6, 6.07) is 6.26. The third-order valence-corrected chi connectivity index (χ3v) is 3.95. The van der Waals surface area contributed by atoms with E-state index in [-0.39, 0.29) is 0 Å². The lowest BCUT2D eigenvalue weighted by molar-refractivity contribution is 0.112. The minimum atomic E-state index is 0.811. The van der Waals surface area contributed by atoms with Crippen LogP contribution in [0.4, 0.5) is 0 Å². The summed E-state index contributed by atoms with van der Waals surface area (Å²) in [5.74, 6) is 0.811. The molecule has 1 fully saturated rings. The Morgan fingerprint density at radius 1 is 1.41 bits per heavy atom. The molecule has 1 aromatic carbocycles. The molecule has 0 N–H and O–H groups in total. The molecule has 0 bridgehead atoms. The molecule has 1 heterocycles. The fourth-order valence-corrected chi connectivity index (χ4v) is 2.76. The number of aromatic nitrogens is 1. The smallest absolute Gasteiger partial charge is 0.152 e. The van der Waals surface area contributed by atoms with Crippen LogP contribution >= 0.6 is 0 Å². The number of hydrogen-bond donors (Lipinski definition) is 0. The summed E-state index contributed by atoms with van der Waals surface area (Å²) in [4.78, 5) is 11.1. The van der Waals surface area contributed by atoms with Crippen LogP contribution < -0.4 is 0 Å². The number of rotatable bonds is 3. The van der Waals surface area contributed by atoms with E-state index in [1.54, 1.807) is 0 Å². The third kappa shape index (κ3) is 1.68. The molecule has 3 rings (SSSR count). The molecule has 2 nitrogen and oxygen atoms in total. The number of carbonyl (C=O) groups excluding carboxylic acids is 1. The van der Waals surface area contributed by atoms with Crippen LogP contribution in [0.5, 0.6) is 0 Å². The Bertz CT molecular complexity index is 564. The number of fused-ring (bicyclic) bond motifs is 1. The highest BCUT2D eigenvalue weighted by atomic mass is 16.1. The SMILES string of the molecule is Cc1cccc2c1c(C=O)cn2CC1CCC1. The Morgan fingerprint density at radius 3 is 2.88 bits per heavy atom. The van der Waals surface area contributed by atoms with Crippen LogP contribution in [-0.2, 0) is 6.54 Å². The molecule has 17 heavy (non-hydrogen) atoms. The second kappa shape index (κ2) is 4.02. The maximum absolute atomic E-state index is 11.1. The molecule has 0 spiro atoms. The second-order valence-electron chi connectivity index (χ2n) is 5.12. The second-order valence-corrected chi connectivity index (χ2v) is 5.12. The number of aryl methyl sites for hydroxylation is 1. The van der Waals surface area contributed by atoms with Gasteiger partial charge >= 0.3 is 0 Å². The van der Waals surface area contributed by atoms with Gasteiger partial charge in [-0.15, -0.1) is 0 Å². The van der Waals surface area contributed by atoms with Crippen molar-refractivity contribution in [2.45, 2.75) is 32.7 Å². The fourth-order valence-electron chi connectivity index (χ4n) is 2.76. The summed E-state index contributed by atoms with van der Waals surface area (Å²) in [6.07, 6.45) is 7.03. The maximum Gasteiger partial charge on any atom is 0.152 e. The van der Waals surface area contributed by atoms with Crippen LogP contribution in [-0.4, -0.2) is 10.9 Å². The predicted molar refractivity (Wildman–Crippen MR) is 69.4 cm³/mol. The molecule has 2 heteroatoms. The van der Waals surface area contributed by atoms with E-state index in [4.69, 9.17) is 0 Å². The molecule has 1 aliphatic carbocycles. The minimum absolute atomic E-state index is 0.811. The highest BCUT2D eigenvalue weighted by molar-refractivity contribution is 5.99. The van der Waals surface area contributed by atoms with Crippen LogP contribution in [0, 0.1) is 12.8 Å². The molecule has 0 atom stereocenters. The summed E-state index contributed by atoms with van der Waals surface area (Å²) >= 11 is 0. The van der Waals surface area contributed by atoms with E-state index in [9.17, 15) is 4.79 Å². The summed E-state index contributed by atoms with van der Waals surface area (Å²) in [5.41, 5.74) is 3.23. The standard InChI is InChI=1S/C15H17NO/c1-11-4-2-7-14-15(11)13(10-17)9-16(14)8-12-5-3-6-12/h2,4,7,9-10,12H,3,5-6,8H2,1H3. The molecular formula is C15H17NO. The van der Waals surface area contributed by atoms with Gasteiger partial charge in [0.05, 0.1) is 0 Å². The first-order valence-electron chi connectivity index (χ1n) is 6.33. The highest BCUT2D eigenvalue weighted by Gasteiger charge is 2.19. The van der Waals surface area contributed by atoms with Gasteiger partial charge in [0.2, 0.25) is 0 Å². The van der Waals surface area contributed by atoms with Gasteiger partial charge in [-0.25, -0.2) is 0 Å². The number of nitrogens with zero attached hydrogens (tertiary/aromatic N) is 1. The Hall–Kier alpha value is -1.57. The molecular weight excluding hydrogens is 210 g/mol. The summed E-state index contributed by atoms with van der Waals surface area (Å²) in [6.45, 7) is 3.14. The predicted octanol–water partition coefficient (Wildman–Crippen LogP) is 3.56. The van der Waals surface area contributed by atoms with E-state index >= 15 is 0 Å². The Morgan fingerprint density at radius 2 is 2.24 bits per heavy atom. The van der Waals surface area contributed by atoms with Gasteiger partial charge in [0.15, 0.2) is 6.29 Å². The maximum atomic E-state index is 11.1. The molecule has 0 unspecified atom stereocenters. The van der Waals surface area contributed by atoms with Crippen molar-refractivity contribution in [3.63, 3.8) is 0 Å². The molecule has 1 aromatic heterocycles. The molecule has 0 amide bonds. The van der Waals surface area contributed by atoms with Crippen LogP contribution in [0.1, 0.15) is 35.2 Å². The zero-order valence-electron chi connectivity index (χ0n) is 10.1. The van der Waals surface area contributed by atoms with Crippen LogP contribution in [0.3, 0.4) is 0 Å². The Labute approximate surface area is 101 Å². The lowest BCUT2D eigenvalue weighted by atomic mass is 9.85. The number of hydrogen-bond acceptors (Lipinski definition) is 1. The normalized spacial score (nSPS) is 16.1. The largest absolute Gasteiger partial charge is 0.346 e. The van der Waals surface area contributed by atoms with E-state index in [0.717, 1.165) is 29.7 Å². The van der Waals surface area contributed by atoms with Gasteiger partial charge < -0.3 is 4.57 Å². The van der Waals surface area contributed by atoms with Crippen molar-refractivity contribution >= 4 is 17.2 Å². The van der Waals surface area contributed by atoms with E-state index in [2.05, 4.69) is 29.7 Å². The lowest BCUT2D eigenvalue weighted by Crippen LogP contribution is -2.17. The lowest BCUT2D eigenvalue weighted by Gasteiger charge is -2.26. The van der Waals surface area contributed by atoms with E-state index < -0.39 is 0 Å². The van der Waals surface area contributed by atoms with Gasteiger partial charge in [-0.1, -0.05) is 18.6 Å².